The predicted octanol–water partition coefficient (Wildman–Crippen LogP) is 2.18. The molecule has 0 bridgehead atoms. The van der Waals surface area contributed by atoms with Crippen LogP contribution in [0.2, 0.25) is 0 Å². The number of rotatable bonds is 7. The van der Waals surface area contributed by atoms with Crippen molar-refractivity contribution in [3.63, 3.8) is 0 Å². The molecule has 0 aromatic carbocycles. The van der Waals surface area contributed by atoms with Crippen LogP contribution in [0.15, 0.2) is 0 Å². The average Bonchev–Trinajstić information content (AvgIpc) is 3.26. The minimum atomic E-state index is -0.181. The van der Waals surface area contributed by atoms with Crippen LogP contribution in [-0.4, -0.2) is 60.2 Å². The highest BCUT2D eigenvalue weighted by Gasteiger charge is 2.36. The topological polar surface area (TPSA) is 69.7 Å². The Kier molecular flexibility index (Phi) is 6.22. The van der Waals surface area contributed by atoms with Gasteiger partial charge < -0.3 is 15.1 Å². The van der Waals surface area contributed by atoms with E-state index in [9.17, 15) is 14.4 Å². The Labute approximate surface area is 168 Å². The molecule has 2 aliphatic carbocycles. The van der Waals surface area contributed by atoms with Crippen molar-refractivity contribution < 1.29 is 14.4 Å². The number of hydrogen-bond acceptors (Lipinski definition) is 3. The van der Waals surface area contributed by atoms with Gasteiger partial charge in [0.15, 0.2) is 0 Å². The fraction of sp³-hybridized carbons (Fsp3) is 0.864. The summed E-state index contributed by atoms with van der Waals surface area (Å²) in [5.41, 5.74) is 0. The van der Waals surface area contributed by atoms with Gasteiger partial charge >= 0.3 is 0 Å². The van der Waals surface area contributed by atoms with E-state index < -0.39 is 0 Å². The number of nitrogens with one attached hydrogen (secondary N) is 1. The zero-order valence-corrected chi connectivity index (χ0v) is 17.0. The second-order valence-corrected chi connectivity index (χ2v) is 9.57. The summed E-state index contributed by atoms with van der Waals surface area (Å²) < 4.78 is 0. The minimum Gasteiger partial charge on any atom is -0.356 e. The molecule has 0 radical (unpaired) electrons. The third kappa shape index (κ3) is 5.06. The van der Waals surface area contributed by atoms with E-state index in [0.717, 1.165) is 45.4 Å². The first-order chi connectivity index (χ1) is 13.6. The first-order valence-corrected chi connectivity index (χ1v) is 11.4. The first-order valence-electron chi connectivity index (χ1n) is 11.4. The van der Waals surface area contributed by atoms with Crippen LogP contribution in [0.5, 0.6) is 0 Å². The van der Waals surface area contributed by atoms with Gasteiger partial charge in [-0.05, 0) is 56.3 Å². The molecule has 2 saturated carbocycles. The number of carbonyl (C=O) groups is 3. The van der Waals surface area contributed by atoms with Crippen LogP contribution in [0, 0.1) is 23.7 Å². The van der Waals surface area contributed by atoms with Crippen LogP contribution >= 0.6 is 0 Å². The van der Waals surface area contributed by atoms with Crippen molar-refractivity contribution in [1.82, 2.24) is 15.1 Å². The maximum absolute atomic E-state index is 12.5. The molecule has 6 heteroatoms. The van der Waals surface area contributed by atoms with E-state index in [1.54, 1.807) is 0 Å². The molecule has 156 valence electrons. The molecule has 2 heterocycles. The van der Waals surface area contributed by atoms with Crippen molar-refractivity contribution in [2.75, 3.05) is 32.7 Å². The number of nitrogens with zero attached hydrogens (tertiary/aromatic N) is 2. The van der Waals surface area contributed by atoms with Gasteiger partial charge in [-0.1, -0.05) is 12.8 Å². The maximum atomic E-state index is 12.5. The molecule has 0 aromatic heterocycles. The molecule has 1 unspecified atom stereocenters. The monoisotopic (exact) mass is 389 g/mol. The molecule has 4 fully saturated rings. The second kappa shape index (κ2) is 8.83. The molecule has 3 amide bonds. The quantitative estimate of drug-likeness (QED) is 0.726. The summed E-state index contributed by atoms with van der Waals surface area (Å²) in [6.45, 7) is 3.73. The predicted molar refractivity (Wildman–Crippen MR) is 106 cm³/mol. The molecular formula is C22H35N3O3. The number of carbonyl (C=O) groups excluding carboxylic acids is 3. The summed E-state index contributed by atoms with van der Waals surface area (Å²) in [5, 5.41) is 3.02. The smallest absolute Gasteiger partial charge is 0.225 e. The highest BCUT2D eigenvalue weighted by molar-refractivity contribution is 5.89. The van der Waals surface area contributed by atoms with Gasteiger partial charge in [-0.25, -0.2) is 0 Å². The first kappa shape index (κ1) is 19.7. The number of likely N-dealkylation sites (tertiary alicyclic amines) is 2. The number of amides is 3. The van der Waals surface area contributed by atoms with Crippen LogP contribution in [0.25, 0.3) is 0 Å². The molecule has 2 aliphatic heterocycles. The second-order valence-electron chi connectivity index (χ2n) is 9.57. The van der Waals surface area contributed by atoms with Crippen LogP contribution < -0.4 is 5.32 Å². The lowest BCUT2D eigenvalue weighted by Crippen LogP contribution is -2.42. The molecule has 0 spiro atoms. The van der Waals surface area contributed by atoms with Crippen molar-refractivity contribution in [1.29, 1.82) is 0 Å². The Morgan fingerprint density at radius 3 is 2.32 bits per heavy atom. The molecule has 2 saturated heterocycles. The minimum absolute atomic E-state index is 0.0510. The Morgan fingerprint density at radius 1 is 0.929 bits per heavy atom. The van der Waals surface area contributed by atoms with Gasteiger partial charge in [0.2, 0.25) is 17.7 Å². The van der Waals surface area contributed by atoms with Crippen molar-refractivity contribution >= 4 is 17.7 Å². The standard InChI is InChI=1S/C22H35N3O3/c26-20(11-16-3-1-2-4-16)24-9-7-18(8-10-24)14-25-15-19(12-21(25)27)22(28)23-13-17-5-6-17/h16-19H,1-15H2,(H,23,28). The molecule has 1 N–H and O–H groups in total. The Balaban J connectivity index is 1.17. The van der Waals surface area contributed by atoms with E-state index in [-0.39, 0.29) is 17.7 Å². The van der Waals surface area contributed by atoms with Crippen molar-refractivity contribution in [3.8, 4) is 0 Å². The van der Waals surface area contributed by atoms with Gasteiger partial charge in [0.25, 0.3) is 0 Å². The van der Waals surface area contributed by atoms with Gasteiger partial charge in [0, 0.05) is 45.6 Å². The summed E-state index contributed by atoms with van der Waals surface area (Å²) >= 11 is 0. The third-order valence-electron chi connectivity index (χ3n) is 7.23. The van der Waals surface area contributed by atoms with Gasteiger partial charge in [-0.3, -0.25) is 14.4 Å². The van der Waals surface area contributed by atoms with Crippen molar-refractivity contribution in [2.24, 2.45) is 23.7 Å². The van der Waals surface area contributed by atoms with Crippen molar-refractivity contribution in [2.45, 2.75) is 64.2 Å². The van der Waals surface area contributed by atoms with E-state index in [1.165, 1.54) is 38.5 Å². The van der Waals surface area contributed by atoms with E-state index in [0.29, 0.717) is 36.6 Å². The lowest BCUT2D eigenvalue weighted by Gasteiger charge is -2.34. The summed E-state index contributed by atoms with van der Waals surface area (Å²) in [6, 6.07) is 0. The van der Waals surface area contributed by atoms with E-state index in [2.05, 4.69) is 5.32 Å². The highest BCUT2D eigenvalue weighted by Crippen LogP contribution is 2.30. The normalized spacial score (nSPS) is 26.9. The molecular weight excluding hydrogens is 354 g/mol. The summed E-state index contributed by atoms with van der Waals surface area (Å²) in [5.74, 6) is 2.04. The molecule has 28 heavy (non-hydrogen) atoms. The number of hydrogen-bond donors (Lipinski definition) is 1. The fourth-order valence-electron chi connectivity index (χ4n) is 5.10. The highest BCUT2D eigenvalue weighted by atomic mass is 16.2. The van der Waals surface area contributed by atoms with Crippen LogP contribution in [0.1, 0.15) is 64.2 Å². The van der Waals surface area contributed by atoms with Gasteiger partial charge in [-0.2, -0.15) is 0 Å². The van der Waals surface area contributed by atoms with Crippen LogP contribution in [0.4, 0.5) is 0 Å². The molecule has 6 nitrogen and oxygen atoms in total. The molecule has 4 aliphatic rings. The Morgan fingerprint density at radius 2 is 1.64 bits per heavy atom. The maximum Gasteiger partial charge on any atom is 0.225 e. The zero-order chi connectivity index (χ0) is 19.5. The van der Waals surface area contributed by atoms with E-state index in [1.807, 2.05) is 9.80 Å². The number of piperidine rings is 1. The van der Waals surface area contributed by atoms with Gasteiger partial charge in [0.1, 0.15) is 0 Å². The largest absolute Gasteiger partial charge is 0.356 e. The van der Waals surface area contributed by atoms with Gasteiger partial charge in [0.05, 0.1) is 5.92 Å². The van der Waals surface area contributed by atoms with Gasteiger partial charge in [-0.15, -0.1) is 0 Å². The van der Waals surface area contributed by atoms with E-state index in [4.69, 9.17) is 0 Å². The Bertz CT molecular complexity index is 590. The van der Waals surface area contributed by atoms with E-state index >= 15 is 0 Å². The third-order valence-corrected chi connectivity index (χ3v) is 7.23. The summed E-state index contributed by atoms with van der Waals surface area (Å²) in [7, 11) is 0. The Hall–Kier alpha value is -1.59. The summed E-state index contributed by atoms with van der Waals surface area (Å²) in [6.07, 6.45) is 10.5. The van der Waals surface area contributed by atoms with Crippen LogP contribution in [-0.2, 0) is 14.4 Å². The average molecular weight is 390 g/mol. The van der Waals surface area contributed by atoms with Crippen molar-refractivity contribution in [3.05, 3.63) is 0 Å². The fourth-order valence-corrected chi connectivity index (χ4v) is 5.10. The van der Waals surface area contributed by atoms with Crippen LogP contribution in [0.3, 0.4) is 0 Å². The molecule has 0 aromatic rings. The zero-order valence-electron chi connectivity index (χ0n) is 17.0. The lowest BCUT2D eigenvalue weighted by molar-refractivity contribution is -0.134. The SMILES string of the molecule is O=C(NCC1CC1)C1CC(=O)N(CC2CCN(C(=O)CC3CCCC3)CC2)C1. The lowest BCUT2D eigenvalue weighted by atomic mass is 9.95. The molecule has 4 rings (SSSR count). The summed E-state index contributed by atoms with van der Waals surface area (Å²) in [4.78, 5) is 41.1. The molecule has 1 atom stereocenters.